The first-order valence-corrected chi connectivity index (χ1v) is 11.5. The number of carbonyl (C=O) groups is 1. The molecule has 1 heterocycles. The maximum absolute atomic E-state index is 12.5. The van der Waals surface area contributed by atoms with E-state index in [0.29, 0.717) is 28.8 Å². The number of nitrogens with zero attached hydrogens (tertiary/aromatic N) is 1. The van der Waals surface area contributed by atoms with Gasteiger partial charge in [0.05, 0.1) is 26.4 Å². The lowest BCUT2D eigenvalue weighted by Gasteiger charge is -2.15. The number of sulfonamides is 1. The summed E-state index contributed by atoms with van der Waals surface area (Å²) in [6, 6.07) is 11.6. The maximum atomic E-state index is 12.5. The predicted octanol–water partition coefficient (Wildman–Crippen LogP) is 4.51. The smallest absolute Gasteiger partial charge is 0.243 e. The second-order valence-electron chi connectivity index (χ2n) is 6.02. The lowest BCUT2D eigenvalue weighted by Crippen LogP contribution is -2.27. The average molecular weight is 445 g/mol. The van der Waals surface area contributed by atoms with E-state index in [4.69, 9.17) is 23.2 Å². The van der Waals surface area contributed by atoms with E-state index < -0.39 is 10.0 Å². The number of hydrogen-bond acceptors (Lipinski definition) is 4. The Kier molecular flexibility index (Phi) is 6.70. The van der Waals surface area contributed by atoms with Gasteiger partial charge < -0.3 is 5.32 Å². The Bertz CT molecular complexity index is 928. The predicted molar refractivity (Wildman–Crippen MR) is 110 cm³/mol. The Morgan fingerprint density at radius 2 is 1.74 bits per heavy atom. The van der Waals surface area contributed by atoms with Gasteiger partial charge in [-0.2, -0.15) is 4.31 Å². The van der Waals surface area contributed by atoms with Gasteiger partial charge in [0.1, 0.15) is 0 Å². The molecule has 1 amide bonds. The van der Waals surface area contributed by atoms with Gasteiger partial charge in [-0.05, 0) is 49.2 Å². The van der Waals surface area contributed by atoms with Crippen molar-refractivity contribution in [2.45, 2.75) is 22.6 Å². The van der Waals surface area contributed by atoms with Crippen molar-refractivity contribution in [1.82, 2.24) is 4.31 Å². The molecule has 0 aromatic heterocycles. The molecule has 0 saturated carbocycles. The third-order valence-corrected chi connectivity index (χ3v) is 7.87. The average Bonchev–Trinajstić information content (AvgIpc) is 3.20. The van der Waals surface area contributed by atoms with Crippen LogP contribution in [0.4, 0.5) is 5.69 Å². The lowest BCUT2D eigenvalue weighted by molar-refractivity contribution is -0.113. The molecule has 1 saturated heterocycles. The summed E-state index contributed by atoms with van der Waals surface area (Å²) in [6.07, 6.45) is 1.80. The first-order chi connectivity index (χ1) is 12.9. The summed E-state index contributed by atoms with van der Waals surface area (Å²) in [5, 5.41) is 3.39. The highest BCUT2D eigenvalue weighted by atomic mass is 35.5. The monoisotopic (exact) mass is 444 g/mol. The van der Waals surface area contributed by atoms with Crippen LogP contribution in [0, 0.1) is 0 Å². The molecule has 1 N–H and O–H groups in total. The zero-order valence-electron chi connectivity index (χ0n) is 14.3. The van der Waals surface area contributed by atoms with Crippen LogP contribution in [0.5, 0.6) is 0 Å². The van der Waals surface area contributed by atoms with Crippen molar-refractivity contribution in [3.05, 3.63) is 52.5 Å². The summed E-state index contributed by atoms with van der Waals surface area (Å²) >= 11 is 13.3. The Hall–Kier alpha value is -1.25. The van der Waals surface area contributed by atoms with Crippen LogP contribution in [0.25, 0.3) is 0 Å². The van der Waals surface area contributed by atoms with E-state index in [1.165, 1.54) is 16.1 Å². The zero-order valence-corrected chi connectivity index (χ0v) is 17.5. The van der Waals surface area contributed by atoms with Gasteiger partial charge in [0.15, 0.2) is 0 Å². The maximum Gasteiger partial charge on any atom is 0.243 e. The Morgan fingerprint density at radius 3 is 2.41 bits per heavy atom. The highest BCUT2D eigenvalue weighted by Crippen LogP contribution is 2.30. The second-order valence-corrected chi connectivity index (χ2v) is 9.79. The third kappa shape index (κ3) is 4.97. The van der Waals surface area contributed by atoms with Gasteiger partial charge in [0.25, 0.3) is 0 Å². The number of benzene rings is 2. The van der Waals surface area contributed by atoms with Crippen LogP contribution >= 0.6 is 35.0 Å². The molecule has 27 heavy (non-hydrogen) atoms. The summed E-state index contributed by atoms with van der Waals surface area (Å²) in [4.78, 5) is 13.2. The van der Waals surface area contributed by atoms with Crippen molar-refractivity contribution in [1.29, 1.82) is 0 Å². The van der Waals surface area contributed by atoms with E-state index in [-0.39, 0.29) is 16.6 Å². The van der Waals surface area contributed by atoms with Crippen LogP contribution in [0.3, 0.4) is 0 Å². The van der Waals surface area contributed by atoms with E-state index in [0.717, 1.165) is 17.7 Å². The summed E-state index contributed by atoms with van der Waals surface area (Å²) in [6.45, 7) is 1.15. The molecule has 9 heteroatoms. The van der Waals surface area contributed by atoms with Crippen LogP contribution in [0.1, 0.15) is 12.8 Å². The number of thioether (sulfide) groups is 1. The molecule has 1 aliphatic rings. The minimum absolute atomic E-state index is 0.168. The van der Waals surface area contributed by atoms with Crippen molar-refractivity contribution in [2.75, 3.05) is 24.2 Å². The molecule has 0 bridgehead atoms. The lowest BCUT2D eigenvalue weighted by atomic mass is 10.3. The molecule has 3 rings (SSSR count). The van der Waals surface area contributed by atoms with Crippen molar-refractivity contribution in [3.63, 3.8) is 0 Å². The summed E-state index contributed by atoms with van der Waals surface area (Å²) in [7, 11) is -3.42. The fourth-order valence-electron chi connectivity index (χ4n) is 2.72. The van der Waals surface area contributed by atoms with Gasteiger partial charge in [-0.1, -0.05) is 29.3 Å². The fourth-order valence-corrected chi connectivity index (χ4v) is 5.28. The van der Waals surface area contributed by atoms with E-state index in [1.807, 2.05) is 0 Å². The Labute approximate surface area is 173 Å². The van der Waals surface area contributed by atoms with Crippen LogP contribution in [-0.2, 0) is 14.8 Å². The quantitative estimate of drug-likeness (QED) is 0.665. The minimum atomic E-state index is -3.42. The van der Waals surface area contributed by atoms with Crippen LogP contribution < -0.4 is 5.32 Å². The topological polar surface area (TPSA) is 66.5 Å². The largest absolute Gasteiger partial charge is 0.324 e. The number of hydrogen-bond donors (Lipinski definition) is 1. The van der Waals surface area contributed by atoms with Crippen molar-refractivity contribution in [3.8, 4) is 0 Å². The Morgan fingerprint density at radius 1 is 1.07 bits per heavy atom. The number of anilines is 1. The van der Waals surface area contributed by atoms with Gasteiger partial charge in [-0.15, -0.1) is 11.8 Å². The van der Waals surface area contributed by atoms with E-state index in [2.05, 4.69) is 5.32 Å². The molecule has 0 radical (unpaired) electrons. The molecular formula is C18H18Cl2N2O3S2. The number of carbonyl (C=O) groups excluding carboxylic acids is 1. The number of nitrogens with one attached hydrogen (secondary N) is 1. The molecule has 0 aliphatic carbocycles. The van der Waals surface area contributed by atoms with Gasteiger partial charge in [0.2, 0.25) is 15.9 Å². The SMILES string of the molecule is O=C(CSc1ccc(S(=O)(=O)N2CCCC2)cc1)Nc1cccc(Cl)c1Cl. The number of rotatable bonds is 6. The van der Waals surface area contributed by atoms with Gasteiger partial charge >= 0.3 is 0 Å². The molecule has 2 aromatic rings. The molecule has 2 aromatic carbocycles. The molecule has 0 spiro atoms. The molecule has 5 nitrogen and oxygen atoms in total. The van der Waals surface area contributed by atoms with Gasteiger partial charge in [-0.25, -0.2) is 8.42 Å². The molecule has 144 valence electrons. The first kappa shape index (κ1) is 20.5. The molecule has 1 fully saturated rings. The van der Waals surface area contributed by atoms with Crippen molar-refractivity contribution >= 4 is 56.6 Å². The van der Waals surface area contributed by atoms with Crippen LogP contribution in [0.2, 0.25) is 10.0 Å². The van der Waals surface area contributed by atoms with Crippen molar-refractivity contribution < 1.29 is 13.2 Å². The number of amides is 1. The Balaban J connectivity index is 1.58. The zero-order chi connectivity index (χ0) is 19.4. The normalized spacial score (nSPS) is 15.0. The number of halogens is 2. The fraction of sp³-hybridized carbons (Fsp3) is 0.278. The molecule has 1 aliphatic heterocycles. The van der Waals surface area contributed by atoms with Crippen LogP contribution in [0.15, 0.2) is 52.3 Å². The van der Waals surface area contributed by atoms with Gasteiger partial charge in [-0.3, -0.25) is 4.79 Å². The minimum Gasteiger partial charge on any atom is -0.324 e. The summed E-state index contributed by atoms with van der Waals surface area (Å²) in [5.41, 5.74) is 0.460. The third-order valence-electron chi connectivity index (χ3n) is 4.12. The second kappa shape index (κ2) is 8.84. The van der Waals surface area contributed by atoms with Gasteiger partial charge in [0, 0.05) is 18.0 Å². The van der Waals surface area contributed by atoms with Crippen LogP contribution in [-0.4, -0.2) is 37.5 Å². The summed E-state index contributed by atoms with van der Waals surface area (Å²) < 4.78 is 26.5. The molecular weight excluding hydrogens is 427 g/mol. The first-order valence-electron chi connectivity index (χ1n) is 8.35. The highest BCUT2D eigenvalue weighted by molar-refractivity contribution is 8.00. The standard InChI is InChI=1S/C18H18Cl2N2O3S2/c19-15-4-3-5-16(18(15)20)21-17(23)12-26-13-6-8-14(9-7-13)27(24,25)22-10-1-2-11-22/h3-9H,1-2,10-12H2,(H,21,23). The summed E-state index contributed by atoms with van der Waals surface area (Å²) in [5.74, 6) is -0.0564. The van der Waals surface area contributed by atoms with E-state index >= 15 is 0 Å². The van der Waals surface area contributed by atoms with Crippen molar-refractivity contribution in [2.24, 2.45) is 0 Å². The molecule has 0 unspecified atom stereocenters. The molecule has 0 atom stereocenters. The van der Waals surface area contributed by atoms with E-state index in [9.17, 15) is 13.2 Å². The van der Waals surface area contributed by atoms with E-state index in [1.54, 1.807) is 42.5 Å². The highest BCUT2D eigenvalue weighted by Gasteiger charge is 2.26.